The summed E-state index contributed by atoms with van der Waals surface area (Å²) in [4.78, 5) is 37.5. The first-order valence-electron chi connectivity index (χ1n) is 11.6. The Kier molecular flexibility index (Phi) is 14.2. The van der Waals surface area contributed by atoms with Crippen LogP contribution in [0.15, 0.2) is 24.3 Å². The molecule has 10 heteroatoms. The Morgan fingerprint density at radius 2 is 1.79 bits per heavy atom. The fourth-order valence-corrected chi connectivity index (χ4v) is 3.66. The summed E-state index contributed by atoms with van der Waals surface area (Å²) in [5.74, 6) is -0.0700. The van der Waals surface area contributed by atoms with E-state index in [4.69, 9.17) is 14.2 Å². The van der Waals surface area contributed by atoms with Crippen molar-refractivity contribution in [1.82, 2.24) is 16.0 Å². The molecule has 0 saturated carbocycles. The lowest BCUT2D eigenvalue weighted by Gasteiger charge is -2.32. The minimum absolute atomic E-state index is 0. The van der Waals surface area contributed by atoms with E-state index in [0.717, 1.165) is 18.5 Å². The molecule has 2 amide bonds. The Labute approximate surface area is 208 Å². The summed E-state index contributed by atoms with van der Waals surface area (Å²) in [6, 6.07) is 7.27. The highest BCUT2D eigenvalue weighted by molar-refractivity contribution is 5.85. The molecule has 0 fully saturated rings. The second-order valence-electron chi connectivity index (χ2n) is 8.19. The van der Waals surface area contributed by atoms with E-state index in [1.807, 2.05) is 12.1 Å². The molecule has 0 spiro atoms. The number of nitrogens with one attached hydrogen (secondary N) is 3. The van der Waals surface area contributed by atoms with Gasteiger partial charge in [0.25, 0.3) is 5.91 Å². The first-order valence-corrected chi connectivity index (χ1v) is 11.6. The minimum atomic E-state index is -0.955. The number of esters is 1. The van der Waals surface area contributed by atoms with Gasteiger partial charge in [-0.1, -0.05) is 12.1 Å². The molecule has 192 valence electrons. The van der Waals surface area contributed by atoms with Crippen LogP contribution in [0.25, 0.3) is 0 Å². The number of methoxy groups -OCH3 is 1. The van der Waals surface area contributed by atoms with Gasteiger partial charge in [0.15, 0.2) is 6.61 Å². The lowest BCUT2D eigenvalue weighted by molar-refractivity contribution is -0.156. The molecule has 1 aromatic carbocycles. The zero-order chi connectivity index (χ0) is 23.9. The lowest BCUT2D eigenvalue weighted by Crippen LogP contribution is -2.46. The van der Waals surface area contributed by atoms with Crippen LogP contribution in [0.1, 0.15) is 38.2 Å². The van der Waals surface area contributed by atoms with Gasteiger partial charge in [0.2, 0.25) is 5.91 Å². The van der Waals surface area contributed by atoms with Crippen molar-refractivity contribution in [3.05, 3.63) is 29.8 Å². The fraction of sp³-hybridized carbons (Fsp3) is 0.625. The van der Waals surface area contributed by atoms with Crippen LogP contribution in [0.5, 0.6) is 5.75 Å². The minimum Gasteiger partial charge on any atom is -0.484 e. The third kappa shape index (κ3) is 10.3. The molecule has 2 heterocycles. The summed E-state index contributed by atoms with van der Waals surface area (Å²) in [6.07, 6.45) is 2.60. The second kappa shape index (κ2) is 16.3. The second-order valence-corrected chi connectivity index (χ2v) is 8.19. The van der Waals surface area contributed by atoms with E-state index in [1.54, 1.807) is 26.2 Å². The molecule has 34 heavy (non-hydrogen) atoms. The van der Waals surface area contributed by atoms with Crippen LogP contribution < -0.4 is 20.7 Å². The van der Waals surface area contributed by atoms with E-state index in [1.165, 1.54) is 0 Å². The third-order valence-corrected chi connectivity index (χ3v) is 5.56. The standard InChI is InChI=1S/C24H37N3O6.ClH/c1-3-32-23(30)24(11-15-31-2)16-19-7-9-20(10-8-19)33-17-22(29)26-14-5-13-25-12-4-6-21(28)27-18-24;/h7-10,25H,3-6,11-18H2,1-2H3,(H,26,29)(H,27,28);1H. The molecule has 2 aliphatic rings. The fourth-order valence-electron chi connectivity index (χ4n) is 3.66. The van der Waals surface area contributed by atoms with E-state index in [0.29, 0.717) is 51.1 Å². The van der Waals surface area contributed by atoms with Gasteiger partial charge >= 0.3 is 5.97 Å². The number of hydrogen-bond donors (Lipinski definition) is 3. The van der Waals surface area contributed by atoms with Crippen LogP contribution in [0.4, 0.5) is 0 Å². The van der Waals surface area contributed by atoms with E-state index in [-0.39, 0.29) is 49.9 Å². The Hall–Kier alpha value is -2.36. The molecule has 1 unspecified atom stereocenters. The van der Waals surface area contributed by atoms with Gasteiger partial charge in [0.05, 0.1) is 12.0 Å². The van der Waals surface area contributed by atoms with Gasteiger partial charge in [-0.25, -0.2) is 0 Å². The number of rotatable bonds is 5. The summed E-state index contributed by atoms with van der Waals surface area (Å²) < 4.78 is 16.2. The predicted octanol–water partition coefficient (Wildman–Crippen LogP) is 1.62. The van der Waals surface area contributed by atoms with Crippen molar-refractivity contribution >= 4 is 30.2 Å². The monoisotopic (exact) mass is 499 g/mol. The SMILES string of the molecule is CCOC(=O)C1(CCOC)CNC(=O)CCCNCCCNC(=O)COc2ccc(cc2)C1.Cl. The molecule has 9 nitrogen and oxygen atoms in total. The van der Waals surface area contributed by atoms with Crippen LogP contribution >= 0.6 is 12.4 Å². The number of halogens is 1. The molecular weight excluding hydrogens is 462 g/mol. The number of hydrogen-bond acceptors (Lipinski definition) is 7. The normalized spacial score (nSPS) is 20.8. The average Bonchev–Trinajstić information content (AvgIpc) is 2.81. The summed E-state index contributed by atoms with van der Waals surface area (Å²) in [5.41, 5.74) is -0.0629. The third-order valence-electron chi connectivity index (χ3n) is 5.56. The highest BCUT2D eigenvalue weighted by atomic mass is 35.5. The van der Waals surface area contributed by atoms with Crippen molar-refractivity contribution in [3.8, 4) is 5.75 Å². The van der Waals surface area contributed by atoms with Gasteiger partial charge in [-0.2, -0.15) is 0 Å². The Morgan fingerprint density at radius 3 is 2.50 bits per heavy atom. The number of ether oxygens (including phenoxy) is 3. The highest BCUT2D eigenvalue weighted by Gasteiger charge is 2.40. The first kappa shape index (κ1) is 29.7. The lowest BCUT2D eigenvalue weighted by atomic mass is 9.78. The van der Waals surface area contributed by atoms with Crippen LogP contribution in [0, 0.1) is 5.41 Å². The summed E-state index contributed by atoms with van der Waals surface area (Å²) >= 11 is 0. The van der Waals surface area contributed by atoms with Gasteiger partial charge in [-0.15, -0.1) is 12.4 Å². The van der Waals surface area contributed by atoms with Gasteiger partial charge in [-0.05, 0) is 63.4 Å². The maximum atomic E-state index is 13.1. The zero-order valence-corrected chi connectivity index (χ0v) is 21.0. The molecule has 0 aliphatic carbocycles. The van der Waals surface area contributed by atoms with Gasteiger partial charge < -0.3 is 30.2 Å². The van der Waals surface area contributed by atoms with Crippen molar-refractivity contribution < 1.29 is 28.6 Å². The number of benzene rings is 1. The van der Waals surface area contributed by atoms with Crippen LogP contribution in [0.2, 0.25) is 0 Å². The Bertz CT molecular complexity index is 762. The average molecular weight is 500 g/mol. The molecule has 3 N–H and O–H groups in total. The maximum absolute atomic E-state index is 13.1. The number of fused-ring (bicyclic) bond motifs is 17. The summed E-state index contributed by atoms with van der Waals surface area (Å²) in [5, 5.41) is 9.04. The topological polar surface area (TPSA) is 115 Å². The molecule has 2 aliphatic heterocycles. The largest absolute Gasteiger partial charge is 0.484 e. The number of carbonyl (C=O) groups is 3. The van der Waals surface area contributed by atoms with Crippen molar-refractivity contribution in [2.75, 3.05) is 53.1 Å². The van der Waals surface area contributed by atoms with Crippen LogP contribution in [-0.4, -0.2) is 70.9 Å². The molecular formula is C24H38ClN3O6. The maximum Gasteiger partial charge on any atom is 0.314 e. The van der Waals surface area contributed by atoms with E-state index < -0.39 is 5.41 Å². The zero-order valence-electron chi connectivity index (χ0n) is 20.2. The van der Waals surface area contributed by atoms with Crippen molar-refractivity contribution in [3.63, 3.8) is 0 Å². The molecule has 3 rings (SSSR count). The molecule has 0 aromatic heterocycles. The van der Waals surface area contributed by atoms with E-state index in [2.05, 4.69) is 16.0 Å². The predicted molar refractivity (Wildman–Crippen MR) is 131 cm³/mol. The molecule has 1 aromatic rings. The quantitative estimate of drug-likeness (QED) is 0.527. The Balaban J connectivity index is 0.00000578. The number of carbonyl (C=O) groups excluding carboxylic acids is 3. The summed E-state index contributed by atoms with van der Waals surface area (Å²) in [7, 11) is 1.58. The summed E-state index contributed by atoms with van der Waals surface area (Å²) in [6.45, 7) is 4.49. The smallest absolute Gasteiger partial charge is 0.314 e. The van der Waals surface area contributed by atoms with Crippen molar-refractivity contribution in [2.24, 2.45) is 5.41 Å². The van der Waals surface area contributed by atoms with Crippen LogP contribution in [-0.2, 0) is 30.3 Å². The number of amides is 2. The van der Waals surface area contributed by atoms with Crippen LogP contribution in [0.3, 0.4) is 0 Å². The van der Waals surface area contributed by atoms with Crippen molar-refractivity contribution in [2.45, 2.75) is 39.0 Å². The Morgan fingerprint density at radius 1 is 1.06 bits per heavy atom. The highest BCUT2D eigenvalue weighted by Crippen LogP contribution is 2.30. The molecule has 0 saturated heterocycles. The van der Waals surface area contributed by atoms with Gasteiger partial charge in [-0.3, -0.25) is 14.4 Å². The molecule has 1 atom stereocenters. The van der Waals surface area contributed by atoms with Gasteiger partial charge in [0.1, 0.15) is 5.75 Å². The first-order chi connectivity index (χ1) is 16.0. The van der Waals surface area contributed by atoms with E-state index >= 15 is 0 Å². The molecule has 0 radical (unpaired) electrons. The molecule has 2 bridgehead atoms. The van der Waals surface area contributed by atoms with Crippen molar-refractivity contribution in [1.29, 1.82) is 0 Å². The van der Waals surface area contributed by atoms with Gasteiger partial charge in [0, 0.05) is 33.2 Å². The van der Waals surface area contributed by atoms with E-state index in [9.17, 15) is 14.4 Å².